The molecule has 0 spiro atoms. The Balaban J connectivity index is 3.22. The first-order chi connectivity index (χ1) is 7.24. The van der Waals surface area contributed by atoms with Crippen molar-refractivity contribution in [1.29, 1.82) is 0 Å². The van der Waals surface area contributed by atoms with Gasteiger partial charge in [-0.05, 0) is 28.1 Å². The maximum atomic E-state index is 5.41. The van der Waals surface area contributed by atoms with Crippen LogP contribution in [0.25, 0.3) is 6.08 Å². The molecule has 1 aromatic rings. The summed E-state index contributed by atoms with van der Waals surface area (Å²) in [5, 5.41) is 0. The molecule has 0 aliphatic carbocycles. The molecule has 0 aromatic heterocycles. The van der Waals surface area contributed by atoms with Crippen molar-refractivity contribution in [3.63, 3.8) is 0 Å². The van der Waals surface area contributed by atoms with Crippen molar-refractivity contribution in [2.45, 2.75) is 0 Å². The van der Waals surface area contributed by atoms with E-state index in [0.29, 0.717) is 6.54 Å². The van der Waals surface area contributed by atoms with Gasteiger partial charge in [0.2, 0.25) is 0 Å². The van der Waals surface area contributed by atoms with Gasteiger partial charge in [-0.1, -0.05) is 12.2 Å². The third-order valence-electron chi connectivity index (χ3n) is 1.96. The molecule has 82 valence electrons. The van der Waals surface area contributed by atoms with E-state index in [0.717, 1.165) is 21.5 Å². The van der Waals surface area contributed by atoms with Gasteiger partial charge in [-0.2, -0.15) is 0 Å². The van der Waals surface area contributed by atoms with Crippen LogP contribution >= 0.6 is 15.9 Å². The molecule has 0 radical (unpaired) electrons. The predicted octanol–water partition coefficient (Wildman–Crippen LogP) is 2.44. The van der Waals surface area contributed by atoms with Crippen LogP contribution in [0.15, 0.2) is 22.7 Å². The van der Waals surface area contributed by atoms with Crippen molar-refractivity contribution in [3.8, 4) is 11.5 Å². The second-order valence-electron chi connectivity index (χ2n) is 2.84. The third kappa shape index (κ3) is 2.73. The lowest BCUT2D eigenvalue weighted by Gasteiger charge is -2.10. The van der Waals surface area contributed by atoms with E-state index in [1.165, 1.54) is 0 Å². The van der Waals surface area contributed by atoms with E-state index in [1.807, 2.05) is 24.3 Å². The highest BCUT2D eigenvalue weighted by molar-refractivity contribution is 9.10. The molecule has 0 heterocycles. The van der Waals surface area contributed by atoms with Gasteiger partial charge in [-0.25, -0.2) is 0 Å². The first kappa shape index (κ1) is 12.1. The molecule has 0 atom stereocenters. The molecule has 2 N–H and O–H groups in total. The summed E-state index contributed by atoms with van der Waals surface area (Å²) in [5.41, 5.74) is 6.35. The van der Waals surface area contributed by atoms with Crippen molar-refractivity contribution in [2.24, 2.45) is 5.73 Å². The first-order valence-corrected chi connectivity index (χ1v) is 5.31. The number of methoxy groups -OCH3 is 2. The summed E-state index contributed by atoms with van der Waals surface area (Å²) >= 11 is 3.47. The summed E-state index contributed by atoms with van der Waals surface area (Å²) in [4.78, 5) is 0. The molecule has 0 saturated heterocycles. The van der Waals surface area contributed by atoms with E-state index < -0.39 is 0 Å². The minimum Gasteiger partial charge on any atom is -0.496 e. The van der Waals surface area contributed by atoms with Gasteiger partial charge in [0.15, 0.2) is 0 Å². The fraction of sp³-hybridized carbons (Fsp3) is 0.273. The average Bonchev–Trinajstić information content (AvgIpc) is 2.27. The monoisotopic (exact) mass is 271 g/mol. The van der Waals surface area contributed by atoms with Crippen LogP contribution in [0.1, 0.15) is 5.56 Å². The lowest BCUT2D eigenvalue weighted by molar-refractivity contribution is 0.400. The number of ether oxygens (including phenoxy) is 2. The van der Waals surface area contributed by atoms with Crippen molar-refractivity contribution in [2.75, 3.05) is 20.8 Å². The molecule has 1 rings (SSSR count). The van der Waals surface area contributed by atoms with Crippen molar-refractivity contribution in [1.82, 2.24) is 0 Å². The molecule has 0 amide bonds. The Morgan fingerprint density at radius 3 is 2.40 bits per heavy atom. The largest absolute Gasteiger partial charge is 0.496 e. The van der Waals surface area contributed by atoms with E-state index in [9.17, 15) is 0 Å². The van der Waals surface area contributed by atoms with Gasteiger partial charge in [0.25, 0.3) is 0 Å². The number of hydrogen-bond donors (Lipinski definition) is 1. The Morgan fingerprint density at radius 1 is 1.27 bits per heavy atom. The Morgan fingerprint density at radius 2 is 1.87 bits per heavy atom. The molecule has 3 nitrogen and oxygen atoms in total. The second-order valence-corrected chi connectivity index (χ2v) is 3.63. The smallest absolute Gasteiger partial charge is 0.133 e. The van der Waals surface area contributed by atoms with Gasteiger partial charge in [0.05, 0.1) is 18.7 Å². The molecular weight excluding hydrogens is 258 g/mol. The molecule has 1 aromatic carbocycles. The lowest BCUT2D eigenvalue weighted by atomic mass is 10.1. The molecule has 4 heteroatoms. The van der Waals surface area contributed by atoms with Gasteiger partial charge >= 0.3 is 0 Å². The van der Waals surface area contributed by atoms with Gasteiger partial charge in [0.1, 0.15) is 11.5 Å². The maximum absolute atomic E-state index is 5.41. The Bertz CT molecular complexity index is 364. The first-order valence-electron chi connectivity index (χ1n) is 4.51. The highest BCUT2D eigenvalue weighted by Gasteiger charge is 2.09. The van der Waals surface area contributed by atoms with E-state index >= 15 is 0 Å². The van der Waals surface area contributed by atoms with Crippen LogP contribution in [0, 0.1) is 0 Å². The van der Waals surface area contributed by atoms with E-state index in [1.54, 1.807) is 14.2 Å². The Kier molecular flexibility index (Phi) is 4.65. The average molecular weight is 272 g/mol. The summed E-state index contributed by atoms with van der Waals surface area (Å²) < 4.78 is 11.3. The minimum absolute atomic E-state index is 0.493. The standard InChI is InChI=1S/C11H14BrNO2/c1-14-9-5-6-10(15-2)11(12)8(9)4-3-7-13/h3-6H,7,13H2,1-2H3/b4-3+. The Labute approximate surface area is 98.0 Å². The molecular formula is C11H14BrNO2. The van der Waals surface area contributed by atoms with Crippen molar-refractivity contribution < 1.29 is 9.47 Å². The highest BCUT2D eigenvalue weighted by Crippen LogP contribution is 2.35. The van der Waals surface area contributed by atoms with Gasteiger partial charge in [-0.15, -0.1) is 0 Å². The number of nitrogens with two attached hydrogens (primary N) is 1. The molecule has 0 aliphatic rings. The normalized spacial score (nSPS) is 10.7. The molecule has 0 unspecified atom stereocenters. The summed E-state index contributed by atoms with van der Waals surface area (Å²) in [6.07, 6.45) is 3.77. The number of rotatable bonds is 4. The number of hydrogen-bond acceptors (Lipinski definition) is 3. The predicted molar refractivity (Wildman–Crippen MR) is 65.3 cm³/mol. The van der Waals surface area contributed by atoms with Crippen molar-refractivity contribution in [3.05, 3.63) is 28.2 Å². The van der Waals surface area contributed by atoms with E-state index in [4.69, 9.17) is 15.2 Å². The summed E-state index contributed by atoms with van der Waals surface area (Å²) in [5.74, 6) is 1.56. The van der Waals surface area contributed by atoms with Crippen LogP contribution in [0.2, 0.25) is 0 Å². The van der Waals surface area contributed by atoms with E-state index in [2.05, 4.69) is 15.9 Å². The molecule has 15 heavy (non-hydrogen) atoms. The highest BCUT2D eigenvalue weighted by atomic mass is 79.9. The lowest BCUT2D eigenvalue weighted by Crippen LogP contribution is -1.94. The number of halogens is 1. The van der Waals surface area contributed by atoms with Gasteiger partial charge < -0.3 is 15.2 Å². The Hall–Kier alpha value is -1.00. The summed E-state index contributed by atoms with van der Waals surface area (Å²) in [6, 6.07) is 3.71. The van der Waals surface area contributed by atoms with Crippen LogP contribution in [-0.4, -0.2) is 20.8 Å². The van der Waals surface area contributed by atoms with Crippen LogP contribution in [0.3, 0.4) is 0 Å². The summed E-state index contributed by atoms with van der Waals surface area (Å²) in [6.45, 7) is 0.493. The fourth-order valence-corrected chi connectivity index (χ4v) is 1.85. The SMILES string of the molecule is COc1ccc(OC)c(/C=C/CN)c1Br. The van der Waals surface area contributed by atoms with Gasteiger partial charge in [-0.3, -0.25) is 0 Å². The van der Waals surface area contributed by atoms with Crippen LogP contribution in [0.4, 0.5) is 0 Å². The molecule has 0 saturated carbocycles. The van der Waals surface area contributed by atoms with Gasteiger partial charge in [0, 0.05) is 12.1 Å². The third-order valence-corrected chi connectivity index (χ3v) is 2.78. The zero-order valence-corrected chi connectivity index (χ0v) is 10.4. The minimum atomic E-state index is 0.493. The second kappa shape index (κ2) is 5.78. The van der Waals surface area contributed by atoms with Crippen LogP contribution in [-0.2, 0) is 0 Å². The topological polar surface area (TPSA) is 44.5 Å². The fourth-order valence-electron chi connectivity index (χ4n) is 1.23. The molecule has 0 fully saturated rings. The van der Waals surface area contributed by atoms with Crippen molar-refractivity contribution >= 4 is 22.0 Å². The quantitative estimate of drug-likeness (QED) is 0.915. The molecule has 0 aliphatic heterocycles. The zero-order valence-electron chi connectivity index (χ0n) is 8.79. The molecule has 0 bridgehead atoms. The van der Waals surface area contributed by atoms with Crippen LogP contribution in [0.5, 0.6) is 11.5 Å². The summed E-state index contributed by atoms with van der Waals surface area (Å²) in [7, 11) is 3.26. The maximum Gasteiger partial charge on any atom is 0.133 e. The van der Waals surface area contributed by atoms with Crippen LogP contribution < -0.4 is 15.2 Å². The van der Waals surface area contributed by atoms with E-state index in [-0.39, 0.29) is 0 Å². The zero-order chi connectivity index (χ0) is 11.3. The number of benzene rings is 1.